The van der Waals surface area contributed by atoms with Crippen LogP contribution < -0.4 is 0 Å². The van der Waals surface area contributed by atoms with Crippen molar-refractivity contribution in [3.63, 3.8) is 0 Å². The minimum Gasteiger partial charge on any atom is -0.380 e. The Labute approximate surface area is 778 Å². The second kappa shape index (κ2) is 83.6. The summed E-state index contributed by atoms with van der Waals surface area (Å²) in [7, 11) is 119. The lowest BCUT2D eigenvalue weighted by Gasteiger charge is -2.42. The van der Waals surface area contributed by atoms with Gasteiger partial charge in [0.1, 0.15) is 5.60 Å². The highest BCUT2D eigenvalue weighted by molar-refractivity contribution is 8.84. The summed E-state index contributed by atoms with van der Waals surface area (Å²) in [6.07, 6.45) is 3.93. The number of hydrogen-bond acceptors (Lipinski definition) is 5. The van der Waals surface area contributed by atoms with Crippen LogP contribution in [0, 0.1) is 11.8 Å². The van der Waals surface area contributed by atoms with E-state index in [0.717, 1.165) is 49.9 Å². The molecule has 2 aromatic rings. The third-order valence-corrected chi connectivity index (χ3v) is 154. The fourth-order valence-electron chi connectivity index (χ4n) is 6.12. The molecule has 5 nitrogen and oxygen atoms in total. The molecule has 2 aliphatic heterocycles. The number of carbonyl (C=O) groups excluding carboxylic acids is 2. The van der Waals surface area contributed by atoms with Gasteiger partial charge in [0.25, 0.3) is 0 Å². The maximum Gasteiger partial charge on any atom is 0.222 e. The van der Waals surface area contributed by atoms with E-state index in [1.807, 2.05) is 532 Å². The van der Waals surface area contributed by atoms with Gasteiger partial charge in [0, 0.05) is 648 Å². The number of aliphatic hydroxyl groups is 1. The predicted octanol–water partition coefficient (Wildman–Crippen LogP) is 3.65. The summed E-state index contributed by atoms with van der Waals surface area (Å²) < 4.78 is 0. The Balaban J connectivity index is 0.000000665. The molecule has 0 spiro atoms. The van der Waals surface area contributed by atoms with E-state index in [9.17, 15) is 14.7 Å². The van der Waals surface area contributed by atoms with Crippen molar-refractivity contribution >= 4 is 620 Å². The van der Waals surface area contributed by atoms with Crippen LogP contribution in [-0.2, 0) is 624 Å². The topological polar surface area (TPSA) is 60.9 Å². The standard InChI is InChI=1S/C27H34N2O3.S68/c1-21(30)28-16-12-22(13-17-28)20-26(31)29-18-14-25(15-19-29)27(32,23-8-4-2-5-9-23)24-10-6-3-7-11-24;1-3-5-7-9-11-13-15-17-19-21-23-25-27-29-31-33-35-37-39-41-43-45-47-49-51-53-55-57-59-61-63-65-67-68-66-64-62-60-58-56-54-52-50-48-46-44-42-40-38-36-34-32-30-28-26-24-22-20-18-16-14-12-10-8-6-4-2/h2-11,22,25,32H,12-20H2,1H3;. The second-order valence-corrected chi connectivity index (χ2v) is 131. The van der Waals surface area contributed by atoms with Crippen LogP contribution in [0.4, 0.5) is 0 Å². The molecule has 2 aliphatic rings. The van der Waals surface area contributed by atoms with E-state index >= 15 is 0 Å². The molecule has 2 amide bonds. The first-order valence-corrected chi connectivity index (χ1v) is 112. The molecule has 0 aliphatic carbocycles. The molecular weight excluding hydrogens is 2580 g/mol. The summed E-state index contributed by atoms with van der Waals surface area (Å²) in [6.45, 7) is 4.49. The highest BCUT2D eigenvalue weighted by Gasteiger charge is 2.42. The maximum atomic E-state index is 13.0. The van der Waals surface area contributed by atoms with Gasteiger partial charge in [-0.3, -0.25) is 9.59 Å². The van der Waals surface area contributed by atoms with Crippen LogP contribution in [-0.4, -0.2) is 52.9 Å². The first-order valence-electron chi connectivity index (χ1n) is 23.0. The molecule has 1 N–H and O–H groups in total. The van der Waals surface area contributed by atoms with Crippen molar-refractivity contribution in [3.05, 3.63) is 71.8 Å². The van der Waals surface area contributed by atoms with Gasteiger partial charge in [0.05, 0.1) is 0 Å². The zero-order chi connectivity index (χ0) is 71.2. The smallest absolute Gasteiger partial charge is 0.222 e. The molecule has 2 fully saturated rings. The average molecular weight is 2620 g/mol. The van der Waals surface area contributed by atoms with Crippen LogP contribution in [0.15, 0.2) is 60.7 Å². The molecule has 0 aromatic heterocycles. The lowest BCUT2D eigenvalue weighted by atomic mass is 9.72. The summed E-state index contributed by atoms with van der Waals surface area (Å²) >= 11 is 9.64. The zero-order valence-corrected chi connectivity index (χ0v) is 102. The number of likely N-dealkylation sites (tertiary alicyclic amines) is 2. The van der Waals surface area contributed by atoms with Gasteiger partial charge in [-0.25, -0.2) is 0 Å². The molecule has 0 atom stereocenters. The predicted molar refractivity (Wildman–Crippen MR) is 626 cm³/mol. The first kappa shape index (κ1) is 106. The molecule has 100 heavy (non-hydrogen) atoms. The Bertz CT molecular complexity index is 6200. The highest BCUT2D eigenvalue weighted by atomic mass is 33.5. The third kappa shape index (κ3) is 64.2. The van der Waals surface area contributed by atoms with Crippen molar-refractivity contribution in [1.82, 2.24) is 9.80 Å². The molecule has 0 bridgehead atoms. The molecule has 0 unspecified atom stereocenters. The molecule has 0 radical (unpaired) electrons. The molecule has 2 saturated heterocycles. The van der Waals surface area contributed by atoms with Crippen LogP contribution in [0.2, 0.25) is 0 Å². The number of carbonyl (C=O) groups is 2. The van der Waals surface area contributed by atoms with Gasteiger partial charge in [0.2, 0.25) is 11.8 Å². The molecule has 4 rings (SSSR count). The van der Waals surface area contributed by atoms with E-state index in [-0.39, 0.29) is 17.7 Å². The largest absolute Gasteiger partial charge is 0.380 e. The highest BCUT2D eigenvalue weighted by Crippen LogP contribution is 2.42. The molecule has 578 valence electrons. The molecular formula is C27H34N2O3S68. The lowest BCUT2D eigenvalue weighted by molar-refractivity contribution is -0.135. The van der Waals surface area contributed by atoms with Gasteiger partial charge in [0.15, 0.2) is 0 Å². The van der Waals surface area contributed by atoms with Gasteiger partial charge < -0.3 is 14.9 Å². The number of amides is 2. The number of piperidine rings is 2. The van der Waals surface area contributed by atoms with Crippen molar-refractivity contribution in [3.8, 4) is 0 Å². The van der Waals surface area contributed by atoms with Gasteiger partial charge in [-0.15, -0.1) is 0 Å². The van der Waals surface area contributed by atoms with E-state index in [1.54, 1.807) is 113 Å². The summed E-state index contributed by atoms with van der Waals surface area (Å²) in [5.41, 5.74) is 0.762. The lowest BCUT2D eigenvalue weighted by Crippen LogP contribution is -2.46. The van der Waals surface area contributed by atoms with Crippen molar-refractivity contribution in [2.75, 3.05) is 26.2 Å². The van der Waals surface area contributed by atoms with Crippen LogP contribution in [0.1, 0.15) is 50.2 Å². The van der Waals surface area contributed by atoms with Gasteiger partial charge >= 0.3 is 0 Å². The van der Waals surface area contributed by atoms with E-state index in [1.165, 1.54) is 17.8 Å². The third-order valence-electron chi connectivity index (χ3n) is 9.19. The van der Waals surface area contributed by atoms with Gasteiger partial charge in [-0.05, 0) is 48.6 Å². The minimum atomic E-state index is -1.06. The van der Waals surface area contributed by atoms with Crippen LogP contribution >= 0.6 is 0 Å². The molecule has 2 aromatic carbocycles. The Morgan fingerprint density at radius 1 is 0.310 bits per heavy atom. The molecule has 2 heterocycles. The fourth-order valence-corrected chi connectivity index (χ4v) is 182. The molecule has 73 heteroatoms. The Morgan fingerprint density at radius 2 is 0.490 bits per heavy atom. The second-order valence-electron chi connectivity index (χ2n) is 13.8. The Morgan fingerprint density at radius 3 is 0.670 bits per heavy atom. The number of benzene rings is 2. The Hall–Kier alpha value is 12.3. The van der Waals surface area contributed by atoms with Crippen LogP contribution in [0.25, 0.3) is 0 Å². The van der Waals surface area contributed by atoms with E-state index in [4.69, 9.17) is 22.4 Å². The monoisotopic (exact) mass is 2610 g/mol. The normalized spacial score (nSPS) is 11.3. The summed E-state index contributed by atoms with van der Waals surface area (Å²) in [5, 5.41) is 12.0. The summed E-state index contributed by atoms with van der Waals surface area (Å²) in [5.74, 6) is 0.755. The maximum absolute atomic E-state index is 13.0. The van der Waals surface area contributed by atoms with Gasteiger partial charge in [-0.1, -0.05) is 60.7 Å². The molecule has 0 saturated carbocycles. The summed E-state index contributed by atoms with van der Waals surface area (Å²) in [4.78, 5) is 28.3. The minimum absolute atomic E-state index is 0.0511. The van der Waals surface area contributed by atoms with E-state index in [2.05, 4.69) is 0 Å². The number of hydrogen-bond donors (Lipinski definition) is 1. The van der Waals surface area contributed by atoms with Crippen molar-refractivity contribution in [2.45, 2.75) is 44.6 Å². The fraction of sp³-hybridized carbons (Fsp3) is 0.481. The van der Waals surface area contributed by atoms with Crippen molar-refractivity contribution < 1.29 is 14.7 Å². The van der Waals surface area contributed by atoms with Crippen LogP contribution in [0.3, 0.4) is 0 Å². The van der Waals surface area contributed by atoms with Gasteiger partial charge in [-0.2, -0.15) is 0 Å². The van der Waals surface area contributed by atoms with E-state index in [0.29, 0.717) is 25.4 Å². The SMILES string of the molecule is CC(=O)N1CCC(CC(=O)N2CCC(C(O)(c3ccccc3)c3ccccc3)CC2)CC1.S=S=S=S=S=S=S=S=S=S=S=S=S=S=S=S=S=S=S=S=S=S=S=S=S=S=S=S=S=S=S=S=S=S=S=S=S=S=S=S=S=S=S=S=S=S=S=S=S=S=S=S=S=S=S=S=S=S=S=S=S=S=S=S=S=S=S=S. The average Bonchev–Trinajstić information content (AvgIpc) is 0.770. The first-order chi connectivity index (χ1) is 49.4. The van der Waals surface area contributed by atoms with Crippen LogP contribution in [0.5, 0.6) is 0 Å². The zero-order valence-electron chi connectivity index (χ0n) is 46.7. The van der Waals surface area contributed by atoms with Crippen molar-refractivity contribution in [1.29, 1.82) is 0 Å². The Kier molecular flexibility index (Phi) is 89.0. The van der Waals surface area contributed by atoms with E-state index < -0.39 is 5.60 Å². The number of nitrogens with zero attached hydrogens (tertiary/aromatic N) is 2. The van der Waals surface area contributed by atoms with Crippen molar-refractivity contribution in [2.24, 2.45) is 11.8 Å². The summed E-state index contributed by atoms with van der Waals surface area (Å²) in [6, 6.07) is 19.8. The number of rotatable bonds is 5. The quantitative estimate of drug-likeness (QED) is 0.497.